The lowest BCUT2D eigenvalue weighted by Gasteiger charge is -2.09. The number of rotatable bonds is 5. The molecule has 0 saturated heterocycles. The van der Waals surface area contributed by atoms with Gasteiger partial charge in [-0.1, -0.05) is 26.2 Å². The average molecular weight is 249 g/mol. The van der Waals surface area contributed by atoms with Gasteiger partial charge in [0.1, 0.15) is 0 Å². The number of pyridine rings is 1. The van der Waals surface area contributed by atoms with Gasteiger partial charge in [0.15, 0.2) is 11.5 Å². The molecule has 96 valence electrons. The second-order valence-electron chi connectivity index (χ2n) is 3.94. The summed E-state index contributed by atoms with van der Waals surface area (Å²) in [6, 6.07) is 1.32. The zero-order valence-electron chi connectivity index (χ0n) is 9.65. The lowest BCUT2D eigenvalue weighted by Crippen LogP contribution is -2.12. The van der Waals surface area contributed by atoms with Gasteiger partial charge in [-0.3, -0.25) is 0 Å². The van der Waals surface area contributed by atoms with E-state index in [1.54, 1.807) is 0 Å². The Morgan fingerprint density at radius 3 is 2.47 bits per heavy atom. The summed E-state index contributed by atoms with van der Waals surface area (Å²) >= 11 is 0. The van der Waals surface area contributed by atoms with Gasteiger partial charge in [0, 0.05) is 6.20 Å². The van der Waals surface area contributed by atoms with Crippen LogP contribution in [0, 0.1) is 5.82 Å². The lowest BCUT2D eigenvalue weighted by atomic mass is 10.1. The summed E-state index contributed by atoms with van der Waals surface area (Å²) in [5.74, 6) is -1.23. The van der Waals surface area contributed by atoms with Crippen molar-refractivity contribution in [2.75, 3.05) is 0 Å². The Morgan fingerprint density at radius 2 is 1.88 bits per heavy atom. The first kappa shape index (κ1) is 13.9. The minimum atomic E-state index is -4.72. The molecule has 0 aliphatic heterocycles. The van der Waals surface area contributed by atoms with Crippen molar-refractivity contribution in [3.8, 4) is 0 Å². The summed E-state index contributed by atoms with van der Waals surface area (Å²) in [6.45, 7) is 2.04. The van der Waals surface area contributed by atoms with Crippen molar-refractivity contribution in [3.63, 3.8) is 0 Å². The molecule has 17 heavy (non-hydrogen) atoms. The van der Waals surface area contributed by atoms with E-state index in [1.807, 2.05) is 6.92 Å². The van der Waals surface area contributed by atoms with Crippen molar-refractivity contribution in [2.24, 2.45) is 0 Å². The molecule has 1 rings (SSSR count). The first-order valence-electron chi connectivity index (χ1n) is 5.67. The SMILES string of the molecule is CCCCCCc1ccnc(C(F)(F)F)c1F. The van der Waals surface area contributed by atoms with E-state index >= 15 is 0 Å². The smallest absolute Gasteiger partial charge is 0.249 e. The Bertz CT molecular complexity index is 360. The van der Waals surface area contributed by atoms with Gasteiger partial charge in [-0.05, 0) is 24.5 Å². The molecule has 0 saturated carbocycles. The Hall–Kier alpha value is -1.13. The second-order valence-corrected chi connectivity index (χ2v) is 3.94. The summed E-state index contributed by atoms with van der Waals surface area (Å²) in [4.78, 5) is 3.05. The largest absolute Gasteiger partial charge is 0.436 e. The van der Waals surface area contributed by atoms with E-state index in [-0.39, 0.29) is 5.56 Å². The maximum absolute atomic E-state index is 13.5. The van der Waals surface area contributed by atoms with Gasteiger partial charge in [-0.15, -0.1) is 0 Å². The number of hydrogen-bond donors (Lipinski definition) is 0. The van der Waals surface area contributed by atoms with Crippen LogP contribution in [0.25, 0.3) is 0 Å². The molecule has 0 N–H and O–H groups in total. The molecular weight excluding hydrogens is 234 g/mol. The van der Waals surface area contributed by atoms with Crippen LogP contribution in [0.2, 0.25) is 0 Å². The molecule has 0 aliphatic carbocycles. The van der Waals surface area contributed by atoms with E-state index in [9.17, 15) is 17.6 Å². The molecule has 1 heterocycles. The molecule has 0 aromatic carbocycles. The number of hydrogen-bond acceptors (Lipinski definition) is 1. The fourth-order valence-corrected chi connectivity index (χ4v) is 1.62. The number of aryl methyl sites for hydroxylation is 1. The molecular formula is C12H15F4N. The highest BCUT2D eigenvalue weighted by atomic mass is 19.4. The first-order chi connectivity index (χ1) is 7.96. The van der Waals surface area contributed by atoms with Crippen molar-refractivity contribution >= 4 is 0 Å². The predicted molar refractivity (Wildman–Crippen MR) is 57.0 cm³/mol. The predicted octanol–water partition coefficient (Wildman–Crippen LogP) is 4.36. The molecule has 1 aromatic heterocycles. The van der Waals surface area contributed by atoms with E-state index in [2.05, 4.69) is 4.98 Å². The Balaban J connectivity index is 2.74. The van der Waals surface area contributed by atoms with Crippen LogP contribution in [-0.2, 0) is 12.6 Å². The zero-order valence-corrected chi connectivity index (χ0v) is 9.65. The molecule has 0 radical (unpaired) electrons. The highest BCUT2D eigenvalue weighted by molar-refractivity contribution is 5.21. The van der Waals surface area contributed by atoms with E-state index in [0.29, 0.717) is 12.8 Å². The van der Waals surface area contributed by atoms with Crippen molar-refractivity contribution < 1.29 is 17.6 Å². The van der Waals surface area contributed by atoms with Crippen LogP contribution in [0.5, 0.6) is 0 Å². The van der Waals surface area contributed by atoms with Gasteiger partial charge >= 0.3 is 6.18 Å². The highest BCUT2D eigenvalue weighted by Crippen LogP contribution is 2.30. The van der Waals surface area contributed by atoms with Gasteiger partial charge in [-0.25, -0.2) is 9.37 Å². The van der Waals surface area contributed by atoms with Crippen LogP contribution in [0.15, 0.2) is 12.3 Å². The van der Waals surface area contributed by atoms with E-state index in [0.717, 1.165) is 25.5 Å². The maximum Gasteiger partial charge on any atom is 0.436 e. The van der Waals surface area contributed by atoms with Crippen LogP contribution in [0.1, 0.15) is 43.9 Å². The van der Waals surface area contributed by atoms with Crippen LogP contribution >= 0.6 is 0 Å². The third kappa shape index (κ3) is 3.98. The number of nitrogens with zero attached hydrogens (tertiary/aromatic N) is 1. The molecule has 0 atom stereocenters. The summed E-state index contributed by atoms with van der Waals surface area (Å²) in [7, 11) is 0. The van der Waals surface area contributed by atoms with Crippen molar-refractivity contribution in [3.05, 3.63) is 29.3 Å². The van der Waals surface area contributed by atoms with Gasteiger partial charge in [0.25, 0.3) is 0 Å². The number of aromatic nitrogens is 1. The molecule has 0 amide bonds. The van der Waals surface area contributed by atoms with Crippen LogP contribution in [0.3, 0.4) is 0 Å². The lowest BCUT2D eigenvalue weighted by molar-refractivity contribution is -0.143. The molecule has 0 bridgehead atoms. The van der Waals surface area contributed by atoms with Gasteiger partial charge in [-0.2, -0.15) is 13.2 Å². The van der Waals surface area contributed by atoms with Crippen LogP contribution in [-0.4, -0.2) is 4.98 Å². The molecule has 1 aromatic rings. The summed E-state index contributed by atoms with van der Waals surface area (Å²) in [5.41, 5.74) is -1.31. The monoisotopic (exact) mass is 249 g/mol. The molecule has 0 fully saturated rings. The third-order valence-electron chi connectivity index (χ3n) is 2.54. The van der Waals surface area contributed by atoms with Crippen LogP contribution in [0.4, 0.5) is 17.6 Å². The second kappa shape index (κ2) is 5.98. The standard InChI is InChI=1S/C12H15F4N/c1-2-3-4-5-6-9-7-8-17-11(10(9)13)12(14,15)16/h7-8H,2-6H2,1H3. The summed E-state index contributed by atoms with van der Waals surface area (Å²) in [6.07, 6.45) is 0.277. The Morgan fingerprint density at radius 1 is 1.18 bits per heavy atom. The third-order valence-corrected chi connectivity index (χ3v) is 2.54. The number of unbranched alkanes of at least 4 members (excludes halogenated alkanes) is 3. The maximum atomic E-state index is 13.5. The fourth-order valence-electron chi connectivity index (χ4n) is 1.62. The molecule has 0 spiro atoms. The molecule has 1 nitrogen and oxygen atoms in total. The fraction of sp³-hybridized carbons (Fsp3) is 0.583. The Labute approximate surface area is 97.9 Å². The highest BCUT2D eigenvalue weighted by Gasteiger charge is 2.36. The van der Waals surface area contributed by atoms with Crippen molar-refractivity contribution in [1.82, 2.24) is 4.98 Å². The minimum Gasteiger partial charge on any atom is -0.249 e. The van der Waals surface area contributed by atoms with Gasteiger partial charge < -0.3 is 0 Å². The topological polar surface area (TPSA) is 12.9 Å². The van der Waals surface area contributed by atoms with Crippen molar-refractivity contribution in [1.29, 1.82) is 0 Å². The summed E-state index contributed by atoms with van der Waals surface area (Å²) < 4.78 is 50.6. The molecule has 0 unspecified atom stereocenters. The average Bonchev–Trinajstić information content (AvgIpc) is 2.25. The van der Waals surface area contributed by atoms with Crippen LogP contribution < -0.4 is 0 Å². The zero-order chi connectivity index (χ0) is 12.9. The molecule has 0 aliphatic rings. The molecule has 5 heteroatoms. The van der Waals surface area contributed by atoms with E-state index in [1.165, 1.54) is 6.07 Å². The van der Waals surface area contributed by atoms with Gasteiger partial charge in [0.2, 0.25) is 0 Å². The van der Waals surface area contributed by atoms with Gasteiger partial charge in [0.05, 0.1) is 0 Å². The first-order valence-corrected chi connectivity index (χ1v) is 5.67. The quantitative estimate of drug-likeness (QED) is 0.558. The normalized spacial score (nSPS) is 11.8. The summed E-state index contributed by atoms with van der Waals surface area (Å²) in [5, 5.41) is 0. The Kier molecular flexibility index (Phi) is 4.90. The van der Waals surface area contributed by atoms with E-state index in [4.69, 9.17) is 0 Å². The number of halogens is 4. The van der Waals surface area contributed by atoms with E-state index < -0.39 is 17.7 Å². The minimum absolute atomic E-state index is 0.100. The van der Waals surface area contributed by atoms with Crippen molar-refractivity contribution in [2.45, 2.75) is 45.2 Å². The number of alkyl halides is 3.